The molecule has 0 amide bonds. The molecule has 1 aliphatic heterocycles. The van der Waals surface area contributed by atoms with Crippen LogP contribution in [0.25, 0.3) is 0 Å². The van der Waals surface area contributed by atoms with Gasteiger partial charge < -0.3 is 15.0 Å². The first kappa shape index (κ1) is 20.2. The van der Waals surface area contributed by atoms with Gasteiger partial charge in [0.05, 0.1) is 19.8 Å². The maximum atomic E-state index is 13.1. The van der Waals surface area contributed by atoms with E-state index in [1.54, 1.807) is 23.5 Å². The predicted molar refractivity (Wildman–Crippen MR) is 112 cm³/mol. The number of halogens is 1. The van der Waals surface area contributed by atoms with Crippen LogP contribution in [0, 0.1) is 5.82 Å². The van der Waals surface area contributed by atoms with Crippen LogP contribution in [0.15, 0.2) is 41.8 Å². The smallest absolute Gasteiger partial charge is 0.169 e. The van der Waals surface area contributed by atoms with Gasteiger partial charge in [0, 0.05) is 37.6 Å². The summed E-state index contributed by atoms with van der Waals surface area (Å²) in [6, 6.07) is 10.7. The molecule has 1 aromatic heterocycles. The van der Waals surface area contributed by atoms with Crippen molar-refractivity contribution < 1.29 is 9.13 Å². The second-order valence-corrected chi connectivity index (χ2v) is 8.01. The molecular weight excluding hydrogens is 381 g/mol. The topological polar surface area (TPSA) is 27.7 Å². The van der Waals surface area contributed by atoms with Gasteiger partial charge in [0.15, 0.2) is 5.11 Å². The summed E-state index contributed by atoms with van der Waals surface area (Å²) in [6.07, 6.45) is 1.06. The van der Waals surface area contributed by atoms with Crippen LogP contribution in [0.1, 0.15) is 16.9 Å². The molecule has 0 bridgehead atoms. The van der Waals surface area contributed by atoms with Crippen molar-refractivity contribution in [2.45, 2.75) is 19.5 Å². The molecule has 3 rings (SSSR count). The van der Waals surface area contributed by atoms with Gasteiger partial charge in [0.1, 0.15) is 5.82 Å². The first-order chi connectivity index (χ1) is 13.2. The highest BCUT2D eigenvalue weighted by Crippen LogP contribution is 2.13. The Morgan fingerprint density at radius 3 is 2.70 bits per heavy atom. The lowest BCUT2D eigenvalue weighted by atomic mass is 10.2. The zero-order chi connectivity index (χ0) is 18.9. The molecule has 2 heterocycles. The molecule has 1 aliphatic rings. The average molecular weight is 408 g/mol. The van der Waals surface area contributed by atoms with Crippen molar-refractivity contribution in [3.05, 3.63) is 58.0 Å². The number of hydrogen-bond acceptors (Lipinski definition) is 4. The van der Waals surface area contributed by atoms with E-state index in [1.807, 2.05) is 0 Å². The summed E-state index contributed by atoms with van der Waals surface area (Å²) in [5.74, 6) is -0.219. The number of nitrogens with one attached hydrogen (secondary N) is 1. The minimum Gasteiger partial charge on any atom is -0.379 e. The molecule has 2 aromatic rings. The number of thiophene rings is 1. The van der Waals surface area contributed by atoms with E-state index in [2.05, 4.69) is 32.6 Å². The third-order valence-electron chi connectivity index (χ3n) is 4.58. The lowest BCUT2D eigenvalue weighted by molar-refractivity contribution is 0.0367. The van der Waals surface area contributed by atoms with Crippen LogP contribution in [0.3, 0.4) is 0 Å². The molecule has 4 nitrogen and oxygen atoms in total. The lowest BCUT2D eigenvalue weighted by Crippen LogP contribution is -2.41. The van der Waals surface area contributed by atoms with E-state index in [1.165, 1.54) is 17.0 Å². The maximum absolute atomic E-state index is 13.1. The van der Waals surface area contributed by atoms with Crippen LogP contribution in [0.2, 0.25) is 0 Å². The van der Waals surface area contributed by atoms with E-state index >= 15 is 0 Å². The van der Waals surface area contributed by atoms with Gasteiger partial charge in [-0.1, -0.05) is 18.2 Å². The standard InChI is InChI=1S/C20H26FN3OS2/c21-18-6-4-17(5-7-18)15-22-20(26)24(16-19-3-1-14-27-19)9-2-8-23-10-12-25-13-11-23/h1,3-7,14H,2,8-13,15-16H2,(H,22,26). The van der Waals surface area contributed by atoms with E-state index in [0.717, 1.165) is 63.0 Å². The van der Waals surface area contributed by atoms with Crippen molar-refractivity contribution in [1.82, 2.24) is 15.1 Å². The molecular formula is C20H26FN3OS2. The summed E-state index contributed by atoms with van der Waals surface area (Å²) in [5.41, 5.74) is 1.02. The molecule has 0 aliphatic carbocycles. The summed E-state index contributed by atoms with van der Waals surface area (Å²) in [6.45, 7) is 7.07. The van der Waals surface area contributed by atoms with Crippen molar-refractivity contribution >= 4 is 28.7 Å². The fourth-order valence-corrected chi connectivity index (χ4v) is 3.99. The van der Waals surface area contributed by atoms with E-state index in [4.69, 9.17) is 17.0 Å². The Kier molecular flexibility index (Phi) is 8.01. The molecule has 0 saturated carbocycles. The Morgan fingerprint density at radius 2 is 2.00 bits per heavy atom. The predicted octanol–water partition coefficient (Wildman–Crippen LogP) is 3.49. The van der Waals surface area contributed by atoms with Crippen molar-refractivity contribution in [3.8, 4) is 0 Å². The summed E-state index contributed by atoms with van der Waals surface area (Å²) < 4.78 is 18.5. The Hall–Kier alpha value is -1.54. The SMILES string of the molecule is Fc1ccc(CNC(=S)N(CCCN2CCOCC2)Cc2cccs2)cc1. The Morgan fingerprint density at radius 1 is 1.22 bits per heavy atom. The van der Waals surface area contributed by atoms with Crippen LogP contribution in [-0.2, 0) is 17.8 Å². The third kappa shape index (κ3) is 6.84. The second kappa shape index (κ2) is 10.7. The number of ether oxygens (including phenoxy) is 1. The molecule has 1 N–H and O–H groups in total. The van der Waals surface area contributed by atoms with Gasteiger partial charge >= 0.3 is 0 Å². The number of benzene rings is 1. The number of nitrogens with zero attached hydrogens (tertiary/aromatic N) is 2. The molecule has 146 valence electrons. The average Bonchev–Trinajstić information content (AvgIpc) is 3.20. The van der Waals surface area contributed by atoms with Crippen LogP contribution in [0.5, 0.6) is 0 Å². The fourth-order valence-electron chi connectivity index (χ4n) is 3.04. The molecule has 7 heteroatoms. The van der Waals surface area contributed by atoms with Crippen molar-refractivity contribution in [1.29, 1.82) is 0 Å². The van der Waals surface area contributed by atoms with Crippen molar-refractivity contribution in [2.24, 2.45) is 0 Å². The Labute approximate surface area is 169 Å². The van der Waals surface area contributed by atoms with Crippen LogP contribution >= 0.6 is 23.6 Å². The van der Waals surface area contributed by atoms with E-state index in [-0.39, 0.29) is 5.82 Å². The zero-order valence-corrected chi connectivity index (χ0v) is 17.0. The minimum atomic E-state index is -0.219. The highest BCUT2D eigenvalue weighted by atomic mass is 32.1. The van der Waals surface area contributed by atoms with Crippen molar-refractivity contribution in [2.75, 3.05) is 39.4 Å². The quantitative estimate of drug-likeness (QED) is 0.677. The molecule has 0 spiro atoms. The van der Waals surface area contributed by atoms with Crippen LogP contribution < -0.4 is 5.32 Å². The second-order valence-electron chi connectivity index (χ2n) is 6.59. The molecule has 1 aromatic carbocycles. The molecule has 0 unspecified atom stereocenters. The minimum absolute atomic E-state index is 0.219. The number of rotatable bonds is 8. The number of thiocarbonyl (C=S) groups is 1. The van der Waals surface area contributed by atoms with Gasteiger partial charge in [-0.05, 0) is 47.8 Å². The van der Waals surface area contributed by atoms with Crippen molar-refractivity contribution in [3.63, 3.8) is 0 Å². The van der Waals surface area contributed by atoms with Gasteiger partial charge in [-0.25, -0.2) is 4.39 Å². The van der Waals surface area contributed by atoms with Gasteiger partial charge in [-0.2, -0.15) is 0 Å². The molecule has 0 radical (unpaired) electrons. The number of morpholine rings is 1. The fraction of sp³-hybridized carbons (Fsp3) is 0.450. The molecule has 1 fully saturated rings. The largest absolute Gasteiger partial charge is 0.379 e. The van der Waals surface area contributed by atoms with Crippen LogP contribution in [0.4, 0.5) is 4.39 Å². The summed E-state index contributed by atoms with van der Waals surface area (Å²) >= 11 is 7.40. The van der Waals surface area contributed by atoms with Gasteiger partial charge in [0.2, 0.25) is 0 Å². The van der Waals surface area contributed by atoms with E-state index in [9.17, 15) is 4.39 Å². The summed E-state index contributed by atoms with van der Waals surface area (Å²) in [4.78, 5) is 5.97. The third-order valence-corrected chi connectivity index (χ3v) is 5.84. The summed E-state index contributed by atoms with van der Waals surface area (Å²) in [5, 5.41) is 6.16. The summed E-state index contributed by atoms with van der Waals surface area (Å²) in [7, 11) is 0. The molecule has 1 saturated heterocycles. The Balaban J connectivity index is 1.51. The van der Waals surface area contributed by atoms with Crippen LogP contribution in [-0.4, -0.2) is 54.3 Å². The first-order valence-electron chi connectivity index (χ1n) is 9.30. The van der Waals surface area contributed by atoms with Gasteiger partial charge in [-0.15, -0.1) is 11.3 Å². The maximum Gasteiger partial charge on any atom is 0.169 e. The van der Waals surface area contributed by atoms with E-state index in [0.29, 0.717) is 6.54 Å². The molecule has 27 heavy (non-hydrogen) atoms. The Bertz CT molecular complexity index is 688. The van der Waals surface area contributed by atoms with Gasteiger partial charge in [-0.3, -0.25) is 4.90 Å². The van der Waals surface area contributed by atoms with Gasteiger partial charge in [0.25, 0.3) is 0 Å². The molecule has 0 atom stereocenters. The highest BCUT2D eigenvalue weighted by molar-refractivity contribution is 7.80. The monoisotopic (exact) mass is 407 g/mol. The zero-order valence-electron chi connectivity index (χ0n) is 15.4. The number of hydrogen-bond donors (Lipinski definition) is 1. The normalized spacial score (nSPS) is 14.9. The van der Waals surface area contributed by atoms with E-state index < -0.39 is 0 Å². The highest BCUT2D eigenvalue weighted by Gasteiger charge is 2.14. The first-order valence-corrected chi connectivity index (χ1v) is 10.6. The lowest BCUT2D eigenvalue weighted by Gasteiger charge is -2.29.